The summed E-state index contributed by atoms with van der Waals surface area (Å²) < 4.78 is 42.7. The van der Waals surface area contributed by atoms with E-state index in [0.29, 0.717) is 13.7 Å². The van der Waals surface area contributed by atoms with Crippen molar-refractivity contribution >= 4 is 32.3 Å². The molecule has 0 N–H and O–H groups in total. The number of fused-ring (bicyclic) bond motifs is 6. The molecule has 0 fully saturated rings. The topological polar surface area (TPSA) is 117 Å². The highest BCUT2D eigenvalue weighted by atomic mass is 19.1. The van der Waals surface area contributed by atoms with Gasteiger partial charge in [0.05, 0.1) is 49.4 Å². The third-order valence-corrected chi connectivity index (χ3v) is 7.26. The zero-order valence-electron chi connectivity index (χ0n) is 20.9. The van der Waals surface area contributed by atoms with Crippen molar-refractivity contribution in [1.82, 2.24) is 13.7 Å². The maximum Gasteiger partial charge on any atom is 0.267 e. The van der Waals surface area contributed by atoms with Crippen LogP contribution in [0.1, 0.15) is 0 Å². The lowest BCUT2D eigenvalue weighted by molar-refractivity contribution is 0.627. The summed E-state index contributed by atoms with van der Waals surface area (Å²) in [5, 5.41) is -3.48. The predicted molar refractivity (Wildman–Crippen MR) is 148 cm³/mol. The standard InChI is InChI=1S/C30H12F3N3O6/c31-13-1-7-16(8-2-13)34-25(37)19-20(26(34)38)22-24(30(42)36(28(22)40)18-11-5-15(33)6-12-18)23-21(19)27(39)35(29(23)41)17-9-3-14(32)4-10-17/h1-12H. The van der Waals surface area contributed by atoms with Crippen molar-refractivity contribution in [3.05, 3.63) is 152 Å². The fourth-order valence-corrected chi connectivity index (χ4v) is 5.45. The van der Waals surface area contributed by atoms with Crippen LogP contribution in [-0.4, -0.2) is 13.7 Å². The molecule has 0 unspecified atom stereocenters. The van der Waals surface area contributed by atoms with E-state index in [4.69, 9.17) is 0 Å². The number of hydrogen-bond acceptors (Lipinski definition) is 6. The molecule has 0 saturated heterocycles. The van der Waals surface area contributed by atoms with Gasteiger partial charge in [-0.3, -0.25) is 28.8 Å². The summed E-state index contributed by atoms with van der Waals surface area (Å²) in [6.45, 7) is 0. The molecular formula is C30H12F3N3O6. The van der Waals surface area contributed by atoms with Gasteiger partial charge in [-0.1, -0.05) is 0 Å². The third kappa shape index (κ3) is 3.19. The van der Waals surface area contributed by atoms with E-state index in [1.807, 2.05) is 0 Å². The van der Waals surface area contributed by atoms with E-state index in [-0.39, 0.29) is 17.1 Å². The van der Waals surface area contributed by atoms with Gasteiger partial charge < -0.3 is 0 Å². The quantitative estimate of drug-likeness (QED) is 0.324. The van der Waals surface area contributed by atoms with Gasteiger partial charge in [0.2, 0.25) is 0 Å². The van der Waals surface area contributed by atoms with Gasteiger partial charge in [-0.05, 0) is 72.8 Å². The van der Waals surface area contributed by atoms with E-state index < -0.39 is 83.1 Å². The van der Waals surface area contributed by atoms with Crippen LogP contribution >= 0.6 is 0 Å². The molecule has 9 nitrogen and oxygen atoms in total. The van der Waals surface area contributed by atoms with Crippen LogP contribution in [0.4, 0.5) is 13.2 Å². The predicted octanol–water partition coefficient (Wildman–Crippen LogP) is 2.41. The van der Waals surface area contributed by atoms with Crippen LogP contribution in [0.3, 0.4) is 0 Å². The summed E-state index contributed by atoms with van der Waals surface area (Å²) in [7, 11) is 0. The smallest absolute Gasteiger partial charge is 0.267 e. The van der Waals surface area contributed by atoms with Crippen molar-refractivity contribution in [3.8, 4) is 17.1 Å². The summed E-state index contributed by atoms with van der Waals surface area (Å²) in [5.41, 5.74) is -6.76. The van der Waals surface area contributed by atoms with E-state index in [9.17, 15) is 41.9 Å². The molecular weight excluding hydrogens is 555 g/mol. The molecule has 4 aromatic carbocycles. The molecule has 0 saturated carbocycles. The zero-order valence-corrected chi connectivity index (χ0v) is 20.9. The molecule has 204 valence electrons. The summed E-state index contributed by atoms with van der Waals surface area (Å²) in [6, 6.07) is 12.7. The summed E-state index contributed by atoms with van der Waals surface area (Å²) in [6.07, 6.45) is 0. The molecule has 7 aromatic rings. The molecule has 0 spiro atoms. The summed E-state index contributed by atoms with van der Waals surface area (Å²) >= 11 is 0. The Labute approximate surface area is 228 Å². The van der Waals surface area contributed by atoms with Crippen molar-refractivity contribution in [2.45, 2.75) is 0 Å². The Kier molecular flexibility index (Phi) is 5.10. The van der Waals surface area contributed by atoms with Crippen LogP contribution in [0.25, 0.3) is 49.4 Å². The first kappa shape index (κ1) is 25.1. The highest BCUT2D eigenvalue weighted by molar-refractivity contribution is 6.25. The Hall–Kier alpha value is -5.91. The van der Waals surface area contributed by atoms with Crippen LogP contribution < -0.4 is 33.4 Å². The largest absolute Gasteiger partial charge is 0.268 e. The molecule has 0 atom stereocenters. The van der Waals surface area contributed by atoms with Gasteiger partial charge in [-0.25, -0.2) is 26.9 Å². The van der Waals surface area contributed by atoms with Crippen LogP contribution in [0.5, 0.6) is 0 Å². The number of rotatable bonds is 3. The van der Waals surface area contributed by atoms with Crippen LogP contribution in [0.2, 0.25) is 0 Å². The van der Waals surface area contributed by atoms with E-state index in [2.05, 4.69) is 0 Å². The third-order valence-electron chi connectivity index (χ3n) is 7.26. The van der Waals surface area contributed by atoms with Gasteiger partial charge in [-0.15, -0.1) is 0 Å². The minimum atomic E-state index is -1.08. The maximum atomic E-state index is 13.8. The monoisotopic (exact) mass is 567 g/mol. The second-order valence-electron chi connectivity index (χ2n) is 9.52. The first-order valence-electron chi connectivity index (χ1n) is 12.3. The van der Waals surface area contributed by atoms with Gasteiger partial charge in [0.25, 0.3) is 33.4 Å². The van der Waals surface area contributed by atoms with Gasteiger partial charge >= 0.3 is 0 Å². The second kappa shape index (κ2) is 8.54. The fraction of sp³-hybridized carbons (Fsp3) is 0. The number of aromatic nitrogens is 3. The molecule has 42 heavy (non-hydrogen) atoms. The van der Waals surface area contributed by atoms with Crippen molar-refractivity contribution in [2.24, 2.45) is 0 Å². The van der Waals surface area contributed by atoms with E-state index in [1.54, 1.807) is 0 Å². The summed E-state index contributed by atoms with van der Waals surface area (Å²) in [5.74, 6) is -1.99. The second-order valence-corrected chi connectivity index (χ2v) is 9.52. The van der Waals surface area contributed by atoms with Gasteiger partial charge in [-0.2, -0.15) is 0 Å². The van der Waals surface area contributed by atoms with Crippen molar-refractivity contribution < 1.29 is 13.2 Å². The molecule has 3 aromatic heterocycles. The molecule has 0 aliphatic rings. The Morgan fingerprint density at radius 3 is 0.643 bits per heavy atom. The molecule has 12 heteroatoms. The van der Waals surface area contributed by atoms with Gasteiger partial charge in [0.1, 0.15) is 17.5 Å². The lowest BCUT2D eigenvalue weighted by atomic mass is 10.0. The van der Waals surface area contributed by atoms with Crippen LogP contribution in [0, 0.1) is 17.5 Å². The van der Waals surface area contributed by atoms with Crippen LogP contribution in [0.15, 0.2) is 102 Å². The van der Waals surface area contributed by atoms with E-state index in [0.717, 1.165) is 72.8 Å². The number of halogens is 3. The minimum Gasteiger partial charge on any atom is -0.268 e. The number of hydrogen-bond donors (Lipinski definition) is 0. The van der Waals surface area contributed by atoms with E-state index in [1.165, 1.54) is 0 Å². The number of nitrogens with zero attached hydrogens (tertiary/aromatic N) is 3. The molecule has 7 rings (SSSR count). The maximum absolute atomic E-state index is 13.8. The minimum absolute atomic E-state index is 0.0931. The van der Waals surface area contributed by atoms with Crippen molar-refractivity contribution in [1.29, 1.82) is 0 Å². The lowest BCUT2D eigenvalue weighted by Crippen LogP contribution is -2.24. The average Bonchev–Trinajstić information content (AvgIpc) is 3.49. The molecule has 0 bridgehead atoms. The number of benzene rings is 4. The molecule has 0 radical (unpaired) electrons. The summed E-state index contributed by atoms with van der Waals surface area (Å²) in [4.78, 5) is 82.8. The Morgan fingerprint density at radius 1 is 0.310 bits per heavy atom. The van der Waals surface area contributed by atoms with Crippen molar-refractivity contribution in [3.63, 3.8) is 0 Å². The molecule has 0 aliphatic heterocycles. The van der Waals surface area contributed by atoms with E-state index >= 15 is 0 Å². The molecule has 0 aliphatic carbocycles. The fourth-order valence-electron chi connectivity index (χ4n) is 5.45. The normalized spacial score (nSPS) is 11.8. The lowest BCUT2D eigenvalue weighted by Gasteiger charge is -1.99. The van der Waals surface area contributed by atoms with Crippen molar-refractivity contribution in [2.75, 3.05) is 0 Å². The average molecular weight is 567 g/mol. The first-order valence-corrected chi connectivity index (χ1v) is 12.3. The highest BCUT2D eigenvalue weighted by Crippen LogP contribution is 2.27. The van der Waals surface area contributed by atoms with Crippen LogP contribution in [-0.2, 0) is 0 Å². The highest BCUT2D eigenvalue weighted by Gasteiger charge is 2.31. The van der Waals surface area contributed by atoms with Gasteiger partial charge in [0, 0.05) is 0 Å². The zero-order chi connectivity index (χ0) is 29.6. The Bertz CT molecular complexity index is 2160. The molecule has 0 amide bonds. The van der Waals surface area contributed by atoms with Gasteiger partial charge in [0.15, 0.2) is 0 Å². The molecule has 3 heterocycles. The Balaban J connectivity index is 1.78. The SMILES string of the molecule is O=c1c2c3c(=O)n(-c4ccc(F)cc4)c(=O)c3c3c(=O)n(-c4ccc(F)cc4)c(=O)c3c2c(=O)n1-c1ccc(F)cc1. The first-order chi connectivity index (χ1) is 20.1. The Morgan fingerprint density at radius 2 is 0.476 bits per heavy atom.